The maximum absolute atomic E-state index is 4.52. The molecule has 2 rings (SSSR count). The molecule has 106 valence electrons. The Morgan fingerprint density at radius 1 is 0.900 bits per heavy atom. The number of rotatable bonds is 1. The summed E-state index contributed by atoms with van der Waals surface area (Å²) in [5.74, 6) is 0. The summed E-state index contributed by atoms with van der Waals surface area (Å²) in [6, 6.07) is 6.58. The molecule has 0 amide bonds. The van der Waals surface area contributed by atoms with Crippen LogP contribution in [-0.2, 0) is 5.41 Å². The number of aromatic nitrogens is 2. The van der Waals surface area contributed by atoms with Crippen LogP contribution in [0, 0.1) is 20.8 Å². The molecule has 0 saturated carbocycles. The maximum atomic E-state index is 4.52. The van der Waals surface area contributed by atoms with E-state index in [1.54, 1.807) is 0 Å². The highest BCUT2D eigenvalue weighted by Crippen LogP contribution is 2.32. The first-order chi connectivity index (χ1) is 9.18. The van der Waals surface area contributed by atoms with Crippen molar-refractivity contribution in [3.63, 3.8) is 0 Å². The molecule has 20 heavy (non-hydrogen) atoms. The van der Waals surface area contributed by atoms with Crippen LogP contribution in [-0.4, -0.2) is 9.97 Å². The summed E-state index contributed by atoms with van der Waals surface area (Å²) < 4.78 is 0.645. The van der Waals surface area contributed by atoms with Crippen molar-refractivity contribution in [2.24, 2.45) is 0 Å². The van der Waals surface area contributed by atoms with E-state index in [1.807, 2.05) is 13.0 Å². The minimum Gasteiger partial charge on any atom is -0.227 e. The van der Waals surface area contributed by atoms with Crippen LogP contribution in [0.1, 0.15) is 43.2 Å². The third-order valence-corrected chi connectivity index (χ3v) is 3.84. The number of halogens is 1. The number of nitrogens with zero attached hydrogens (tertiary/aromatic N) is 2. The van der Waals surface area contributed by atoms with E-state index in [1.165, 1.54) is 22.3 Å². The molecule has 0 saturated heterocycles. The molecule has 0 aliphatic rings. The zero-order chi connectivity index (χ0) is 15.1. The fraction of sp³-hybridized carbons (Fsp3) is 0.412. The Bertz CT molecular complexity index is 611. The number of benzene rings is 1. The predicted molar refractivity (Wildman–Crippen MR) is 88.1 cm³/mol. The SMILES string of the molecule is Cc1cc(-c2c(C)cc(C(C)(C)C)cc2C)nc(Br)n1. The van der Waals surface area contributed by atoms with Gasteiger partial charge < -0.3 is 0 Å². The molecule has 0 aliphatic carbocycles. The van der Waals surface area contributed by atoms with Crippen molar-refractivity contribution in [2.75, 3.05) is 0 Å². The van der Waals surface area contributed by atoms with E-state index in [9.17, 15) is 0 Å². The number of aryl methyl sites for hydroxylation is 3. The van der Waals surface area contributed by atoms with E-state index in [0.717, 1.165) is 11.4 Å². The van der Waals surface area contributed by atoms with Gasteiger partial charge in [-0.3, -0.25) is 0 Å². The van der Waals surface area contributed by atoms with Crippen LogP contribution in [0.4, 0.5) is 0 Å². The van der Waals surface area contributed by atoms with Gasteiger partial charge in [-0.1, -0.05) is 32.9 Å². The summed E-state index contributed by atoms with van der Waals surface area (Å²) in [5, 5.41) is 0. The van der Waals surface area contributed by atoms with Gasteiger partial charge in [-0.2, -0.15) is 0 Å². The van der Waals surface area contributed by atoms with Gasteiger partial charge in [0, 0.05) is 11.3 Å². The monoisotopic (exact) mass is 332 g/mol. The molecule has 1 aromatic heterocycles. The molecule has 0 spiro atoms. The van der Waals surface area contributed by atoms with Gasteiger partial charge in [-0.15, -0.1) is 0 Å². The summed E-state index contributed by atoms with van der Waals surface area (Å²) in [4.78, 5) is 8.80. The van der Waals surface area contributed by atoms with E-state index in [-0.39, 0.29) is 5.41 Å². The minimum absolute atomic E-state index is 0.163. The van der Waals surface area contributed by atoms with E-state index < -0.39 is 0 Å². The van der Waals surface area contributed by atoms with Crippen LogP contribution >= 0.6 is 15.9 Å². The summed E-state index contributed by atoms with van der Waals surface area (Å²) in [6.45, 7) is 13.0. The Balaban J connectivity index is 2.64. The predicted octanol–water partition coefficient (Wildman–Crippen LogP) is 5.13. The van der Waals surface area contributed by atoms with Gasteiger partial charge in [0.1, 0.15) is 0 Å². The highest BCUT2D eigenvalue weighted by atomic mass is 79.9. The first-order valence-electron chi connectivity index (χ1n) is 6.82. The lowest BCUT2D eigenvalue weighted by atomic mass is 9.83. The van der Waals surface area contributed by atoms with Crippen molar-refractivity contribution in [3.05, 3.63) is 45.3 Å². The largest absolute Gasteiger partial charge is 0.227 e. The van der Waals surface area contributed by atoms with E-state index in [4.69, 9.17) is 0 Å². The second kappa shape index (κ2) is 5.28. The van der Waals surface area contributed by atoms with Crippen LogP contribution in [0.2, 0.25) is 0 Å². The fourth-order valence-corrected chi connectivity index (χ4v) is 2.93. The van der Waals surface area contributed by atoms with Gasteiger partial charge in [0.15, 0.2) is 4.73 Å². The van der Waals surface area contributed by atoms with Gasteiger partial charge in [-0.05, 0) is 64.9 Å². The Labute approximate surface area is 129 Å². The van der Waals surface area contributed by atoms with Crippen molar-refractivity contribution < 1.29 is 0 Å². The quantitative estimate of drug-likeness (QED) is 0.676. The lowest BCUT2D eigenvalue weighted by Crippen LogP contribution is -2.12. The Kier molecular flexibility index (Phi) is 4.01. The average Bonchev–Trinajstić information content (AvgIpc) is 2.25. The molecule has 0 radical (unpaired) electrons. The molecule has 2 nitrogen and oxygen atoms in total. The standard InChI is InChI=1S/C17H21BrN2/c1-10-7-13(17(4,5)6)8-11(2)15(10)14-9-12(3)19-16(18)20-14/h7-9H,1-6H3. The summed E-state index contributed by atoms with van der Waals surface area (Å²) in [5.41, 5.74) is 7.22. The molecule has 3 heteroatoms. The zero-order valence-electron chi connectivity index (χ0n) is 13.0. The molecule has 1 heterocycles. The van der Waals surface area contributed by atoms with E-state index in [2.05, 4.69) is 72.6 Å². The first kappa shape index (κ1) is 15.2. The third kappa shape index (κ3) is 3.09. The van der Waals surface area contributed by atoms with Crippen molar-refractivity contribution in [1.29, 1.82) is 0 Å². The third-order valence-electron chi connectivity index (χ3n) is 3.48. The van der Waals surface area contributed by atoms with Crippen LogP contribution in [0.5, 0.6) is 0 Å². The number of hydrogen-bond acceptors (Lipinski definition) is 2. The van der Waals surface area contributed by atoms with Gasteiger partial charge in [-0.25, -0.2) is 9.97 Å². The molecular formula is C17H21BrN2. The molecule has 0 aliphatic heterocycles. The van der Waals surface area contributed by atoms with Gasteiger partial charge in [0.2, 0.25) is 0 Å². The molecule has 2 aromatic rings. The van der Waals surface area contributed by atoms with E-state index in [0.29, 0.717) is 4.73 Å². The molecule has 0 bridgehead atoms. The van der Waals surface area contributed by atoms with Crippen LogP contribution in [0.25, 0.3) is 11.3 Å². The summed E-state index contributed by atoms with van der Waals surface area (Å²) >= 11 is 3.38. The highest BCUT2D eigenvalue weighted by Gasteiger charge is 2.17. The molecule has 1 aromatic carbocycles. The second-order valence-electron chi connectivity index (χ2n) is 6.40. The molecule has 0 atom stereocenters. The van der Waals surface area contributed by atoms with Gasteiger partial charge in [0.05, 0.1) is 5.69 Å². The first-order valence-corrected chi connectivity index (χ1v) is 7.61. The zero-order valence-corrected chi connectivity index (χ0v) is 14.6. The van der Waals surface area contributed by atoms with Crippen molar-refractivity contribution >= 4 is 15.9 Å². The normalized spacial score (nSPS) is 11.8. The molecule has 0 fully saturated rings. The Hall–Kier alpha value is -1.22. The maximum Gasteiger partial charge on any atom is 0.197 e. The van der Waals surface area contributed by atoms with Crippen molar-refractivity contribution in [3.8, 4) is 11.3 Å². The van der Waals surface area contributed by atoms with Crippen molar-refractivity contribution in [2.45, 2.75) is 47.0 Å². The van der Waals surface area contributed by atoms with Crippen LogP contribution in [0.15, 0.2) is 22.9 Å². The Morgan fingerprint density at radius 2 is 1.45 bits per heavy atom. The fourth-order valence-electron chi connectivity index (χ4n) is 2.46. The lowest BCUT2D eigenvalue weighted by molar-refractivity contribution is 0.589. The van der Waals surface area contributed by atoms with Crippen LogP contribution in [0.3, 0.4) is 0 Å². The second-order valence-corrected chi connectivity index (χ2v) is 7.11. The molecule has 0 unspecified atom stereocenters. The van der Waals surface area contributed by atoms with Crippen LogP contribution < -0.4 is 0 Å². The highest BCUT2D eigenvalue weighted by molar-refractivity contribution is 9.10. The van der Waals surface area contributed by atoms with Crippen molar-refractivity contribution in [1.82, 2.24) is 9.97 Å². The molecule has 0 N–H and O–H groups in total. The topological polar surface area (TPSA) is 25.8 Å². The van der Waals surface area contributed by atoms with E-state index >= 15 is 0 Å². The Morgan fingerprint density at radius 3 is 1.90 bits per heavy atom. The average molecular weight is 333 g/mol. The summed E-state index contributed by atoms with van der Waals surface area (Å²) in [6.07, 6.45) is 0. The lowest BCUT2D eigenvalue weighted by Gasteiger charge is -2.22. The molecular weight excluding hydrogens is 312 g/mol. The number of hydrogen-bond donors (Lipinski definition) is 0. The van der Waals surface area contributed by atoms with Gasteiger partial charge in [0.25, 0.3) is 0 Å². The minimum atomic E-state index is 0.163. The summed E-state index contributed by atoms with van der Waals surface area (Å²) in [7, 11) is 0. The van der Waals surface area contributed by atoms with Gasteiger partial charge >= 0.3 is 0 Å². The smallest absolute Gasteiger partial charge is 0.197 e.